The molecule has 1 heterocycles. The van der Waals surface area contributed by atoms with Gasteiger partial charge >= 0.3 is 6.09 Å². The van der Waals surface area contributed by atoms with Crippen molar-refractivity contribution in [2.45, 2.75) is 71.7 Å². The zero-order chi connectivity index (χ0) is 30.6. The van der Waals surface area contributed by atoms with Crippen LogP contribution in [0.15, 0.2) is 60.8 Å². The number of H-pyrrole nitrogens is 1. The van der Waals surface area contributed by atoms with Crippen LogP contribution < -0.4 is 16.0 Å². The summed E-state index contributed by atoms with van der Waals surface area (Å²) in [5, 5.41) is 9.31. The molecule has 0 bridgehead atoms. The van der Waals surface area contributed by atoms with Crippen LogP contribution >= 0.6 is 11.6 Å². The van der Waals surface area contributed by atoms with Gasteiger partial charge in [0.25, 0.3) is 0 Å². The molecule has 3 amide bonds. The van der Waals surface area contributed by atoms with Crippen LogP contribution in [0.25, 0.3) is 10.9 Å². The fourth-order valence-electron chi connectivity index (χ4n) is 4.66. The highest BCUT2D eigenvalue weighted by Crippen LogP contribution is 2.20. The smallest absolute Gasteiger partial charge is 0.408 e. The van der Waals surface area contributed by atoms with Crippen molar-refractivity contribution in [3.63, 3.8) is 0 Å². The number of para-hydroxylation sites is 1. The van der Waals surface area contributed by atoms with Gasteiger partial charge in [-0.05, 0) is 29.0 Å². The summed E-state index contributed by atoms with van der Waals surface area (Å²) in [6.07, 6.45) is 2.53. The highest BCUT2D eigenvalue weighted by atomic mass is 35.5. The highest BCUT2D eigenvalue weighted by molar-refractivity contribution is 6.28. The monoisotopic (exact) mass is 596 g/mol. The Morgan fingerprint density at radius 2 is 1.43 bits per heavy atom. The summed E-state index contributed by atoms with van der Waals surface area (Å²) in [4.78, 5) is 55.7. The van der Waals surface area contributed by atoms with Crippen LogP contribution in [0.3, 0.4) is 0 Å². The summed E-state index contributed by atoms with van der Waals surface area (Å²) in [5.74, 6) is -2.07. The number of carbonyl (C=O) groups excluding carboxylic acids is 4. The van der Waals surface area contributed by atoms with Gasteiger partial charge in [0.05, 0.1) is 11.9 Å². The van der Waals surface area contributed by atoms with E-state index in [-0.39, 0.29) is 36.5 Å². The van der Waals surface area contributed by atoms with Gasteiger partial charge in [-0.25, -0.2) is 4.79 Å². The van der Waals surface area contributed by atoms with Gasteiger partial charge in [0, 0.05) is 23.5 Å². The molecule has 1 aromatic heterocycles. The maximum Gasteiger partial charge on any atom is 0.408 e. The molecule has 3 rings (SSSR count). The first-order valence-corrected chi connectivity index (χ1v) is 14.9. The molecular formula is C32H41ClN4O5. The normalized spacial score (nSPS) is 14.7. The summed E-state index contributed by atoms with van der Waals surface area (Å²) in [7, 11) is 0. The number of rotatable bonds is 15. The van der Waals surface area contributed by atoms with E-state index in [0.717, 1.165) is 22.0 Å². The Hall–Kier alpha value is -3.85. The predicted octanol–water partition coefficient (Wildman–Crippen LogP) is 4.88. The first kappa shape index (κ1) is 32.7. The number of fused-ring (bicyclic) bond motifs is 1. The topological polar surface area (TPSA) is 129 Å². The summed E-state index contributed by atoms with van der Waals surface area (Å²) in [5.41, 5.74) is 2.61. The van der Waals surface area contributed by atoms with Crippen LogP contribution in [0.1, 0.15) is 51.7 Å². The third-order valence-electron chi connectivity index (χ3n) is 7.71. The molecule has 9 nitrogen and oxygen atoms in total. The molecule has 0 fully saturated rings. The highest BCUT2D eigenvalue weighted by Gasteiger charge is 2.34. The molecule has 0 radical (unpaired) electrons. The Balaban J connectivity index is 1.73. The van der Waals surface area contributed by atoms with Crippen molar-refractivity contribution < 1.29 is 23.9 Å². The van der Waals surface area contributed by atoms with Crippen molar-refractivity contribution in [3.05, 3.63) is 71.9 Å². The lowest BCUT2D eigenvalue weighted by Crippen LogP contribution is -2.59. The maximum atomic E-state index is 13.6. The fraction of sp³-hybridized carbons (Fsp3) is 0.438. The number of amides is 3. The Morgan fingerprint density at radius 1 is 0.833 bits per heavy atom. The zero-order valence-corrected chi connectivity index (χ0v) is 25.4. The van der Waals surface area contributed by atoms with Crippen molar-refractivity contribution in [2.24, 2.45) is 11.8 Å². The Kier molecular flexibility index (Phi) is 12.4. The lowest BCUT2D eigenvalue weighted by molar-refractivity contribution is -0.133. The van der Waals surface area contributed by atoms with Gasteiger partial charge in [-0.2, -0.15) is 0 Å². The van der Waals surface area contributed by atoms with Crippen LogP contribution in [-0.4, -0.2) is 52.7 Å². The number of alkyl carbamates (subject to hydrolysis) is 1. The first-order chi connectivity index (χ1) is 20.2. The molecule has 0 unspecified atom stereocenters. The molecule has 3 aromatic rings. The van der Waals surface area contributed by atoms with Gasteiger partial charge in [0.1, 0.15) is 18.7 Å². The number of ketones is 1. The van der Waals surface area contributed by atoms with E-state index in [1.165, 1.54) is 0 Å². The summed E-state index contributed by atoms with van der Waals surface area (Å²) in [6, 6.07) is 14.2. The average molecular weight is 597 g/mol. The number of carbonyl (C=O) groups is 4. The molecule has 0 saturated heterocycles. The summed E-state index contributed by atoms with van der Waals surface area (Å²) >= 11 is 5.92. The standard InChI is InChI=1S/C32H41ClN4O5/c1-5-20(3)28(30(39)35-26(27(38)17-33)16-23-18-34-25-15-11-10-14-24(23)25)36-31(40)29(21(4)6-2)37-32(41)42-19-22-12-8-7-9-13-22/h7-15,18,20-21,26,28-29,34H,5-6,16-17,19H2,1-4H3,(H,35,39)(H,36,40)(H,37,41)/t20-,21-,26-,28-,29-/m0/s1. The number of alkyl halides is 1. The zero-order valence-electron chi connectivity index (χ0n) is 24.6. The molecule has 0 aliphatic rings. The lowest BCUT2D eigenvalue weighted by Gasteiger charge is -2.29. The number of aromatic nitrogens is 1. The van der Waals surface area contributed by atoms with E-state index in [9.17, 15) is 19.2 Å². The van der Waals surface area contributed by atoms with Gasteiger partial charge in [0.15, 0.2) is 5.78 Å². The molecule has 226 valence electrons. The van der Waals surface area contributed by atoms with Crippen molar-refractivity contribution >= 4 is 46.2 Å². The number of aromatic amines is 1. The third kappa shape index (κ3) is 8.82. The number of hydrogen-bond donors (Lipinski definition) is 4. The minimum Gasteiger partial charge on any atom is -0.445 e. The second-order valence-electron chi connectivity index (χ2n) is 10.7. The largest absolute Gasteiger partial charge is 0.445 e. The molecule has 42 heavy (non-hydrogen) atoms. The van der Waals surface area contributed by atoms with E-state index in [2.05, 4.69) is 20.9 Å². The maximum absolute atomic E-state index is 13.6. The molecule has 0 saturated carbocycles. The van der Waals surface area contributed by atoms with Gasteiger partial charge in [-0.1, -0.05) is 89.1 Å². The van der Waals surface area contributed by atoms with Crippen LogP contribution in [0, 0.1) is 11.8 Å². The fourth-order valence-corrected chi connectivity index (χ4v) is 4.85. The minimum absolute atomic E-state index is 0.0613. The average Bonchev–Trinajstić information content (AvgIpc) is 3.42. The van der Waals surface area contributed by atoms with Crippen LogP contribution in [-0.2, 0) is 32.1 Å². The van der Waals surface area contributed by atoms with E-state index in [4.69, 9.17) is 16.3 Å². The third-order valence-corrected chi connectivity index (χ3v) is 7.97. The first-order valence-electron chi connectivity index (χ1n) is 14.4. The van der Waals surface area contributed by atoms with Gasteiger partial charge in [-0.15, -0.1) is 11.6 Å². The molecule has 5 atom stereocenters. The summed E-state index contributed by atoms with van der Waals surface area (Å²) in [6.45, 7) is 7.58. The number of benzene rings is 2. The number of hydrogen-bond acceptors (Lipinski definition) is 5. The quantitative estimate of drug-likeness (QED) is 0.186. The molecule has 4 N–H and O–H groups in total. The van der Waals surface area contributed by atoms with E-state index in [1.54, 1.807) is 0 Å². The van der Waals surface area contributed by atoms with Crippen molar-refractivity contribution in [2.75, 3.05) is 5.88 Å². The van der Waals surface area contributed by atoms with E-state index >= 15 is 0 Å². The van der Waals surface area contributed by atoms with Crippen LogP contribution in [0.5, 0.6) is 0 Å². The number of ether oxygens (including phenoxy) is 1. The Labute approximate surface area is 252 Å². The predicted molar refractivity (Wildman–Crippen MR) is 164 cm³/mol. The molecule has 0 aliphatic carbocycles. The minimum atomic E-state index is -0.940. The van der Waals surface area contributed by atoms with Crippen molar-refractivity contribution in [3.8, 4) is 0 Å². The van der Waals surface area contributed by atoms with Crippen molar-refractivity contribution in [1.29, 1.82) is 0 Å². The second kappa shape index (κ2) is 16.0. The van der Waals surface area contributed by atoms with E-state index in [1.807, 2.05) is 88.5 Å². The second-order valence-corrected chi connectivity index (χ2v) is 10.9. The number of halogens is 1. The Morgan fingerprint density at radius 3 is 2.07 bits per heavy atom. The molecule has 10 heteroatoms. The van der Waals surface area contributed by atoms with Gasteiger partial charge in [-0.3, -0.25) is 14.4 Å². The lowest BCUT2D eigenvalue weighted by atomic mass is 9.94. The van der Waals surface area contributed by atoms with Gasteiger partial charge in [0.2, 0.25) is 11.8 Å². The number of nitrogens with one attached hydrogen (secondary N) is 4. The van der Waals surface area contributed by atoms with Crippen molar-refractivity contribution in [1.82, 2.24) is 20.9 Å². The summed E-state index contributed by atoms with van der Waals surface area (Å²) < 4.78 is 5.33. The van der Waals surface area contributed by atoms with Crippen LogP contribution in [0.4, 0.5) is 4.79 Å². The molecule has 0 spiro atoms. The van der Waals surface area contributed by atoms with Gasteiger partial charge < -0.3 is 25.7 Å². The van der Waals surface area contributed by atoms with E-state index < -0.39 is 36.0 Å². The van der Waals surface area contributed by atoms with E-state index in [0.29, 0.717) is 12.8 Å². The SMILES string of the molecule is CC[C@H](C)[C@H](NC(=O)OCc1ccccc1)C(=O)N[C@H](C(=O)N[C@@H](Cc1c[nH]c2ccccc12)C(=O)CCl)[C@@H](C)CC. The molecular weight excluding hydrogens is 556 g/mol. The number of Topliss-reactive ketones (excluding diaryl/α,β-unsaturated/α-hetero) is 1. The molecule has 2 aromatic carbocycles. The molecule has 0 aliphatic heterocycles. The van der Waals surface area contributed by atoms with Crippen LogP contribution in [0.2, 0.25) is 0 Å². The Bertz CT molecular complexity index is 1340.